The summed E-state index contributed by atoms with van der Waals surface area (Å²) in [6, 6.07) is 10.1. The maximum absolute atomic E-state index is 11.3. The van der Waals surface area contributed by atoms with Gasteiger partial charge in [0, 0.05) is 19.6 Å². The number of likely N-dealkylation sites (tertiary alicyclic amines) is 1. The van der Waals surface area contributed by atoms with Crippen molar-refractivity contribution in [1.82, 2.24) is 4.90 Å². The first-order valence-corrected chi connectivity index (χ1v) is 6.28. The Balaban J connectivity index is 2.07. The molecule has 2 rings (SSSR count). The van der Waals surface area contributed by atoms with Gasteiger partial charge in [0.25, 0.3) is 0 Å². The molecule has 1 aromatic carbocycles. The topological polar surface area (TPSA) is 66.6 Å². The van der Waals surface area contributed by atoms with Crippen molar-refractivity contribution in [2.24, 2.45) is 11.7 Å². The molecule has 1 aromatic rings. The molecular formula is C14H20N2O2. The van der Waals surface area contributed by atoms with Gasteiger partial charge in [0.05, 0.1) is 0 Å². The zero-order chi connectivity index (χ0) is 13.2. The molecular weight excluding hydrogens is 228 g/mol. The number of aliphatic carboxylic acids is 1. The third kappa shape index (κ3) is 2.89. The summed E-state index contributed by atoms with van der Waals surface area (Å²) in [5, 5.41) is 9.25. The van der Waals surface area contributed by atoms with Gasteiger partial charge in [-0.25, -0.2) is 0 Å². The van der Waals surface area contributed by atoms with Crippen LogP contribution >= 0.6 is 0 Å². The molecule has 4 nitrogen and oxygen atoms in total. The van der Waals surface area contributed by atoms with Crippen LogP contribution in [0.4, 0.5) is 0 Å². The van der Waals surface area contributed by atoms with E-state index in [1.54, 1.807) is 0 Å². The van der Waals surface area contributed by atoms with E-state index in [0.29, 0.717) is 18.9 Å². The highest BCUT2D eigenvalue weighted by Gasteiger charge is 2.41. The number of hydrogen-bond donors (Lipinski definition) is 2. The second-order valence-electron chi connectivity index (χ2n) is 5.43. The van der Waals surface area contributed by atoms with Crippen molar-refractivity contribution in [2.45, 2.75) is 25.4 Å². The van der Waals surface area contributed by atoms with Gasteiger partial charge in [0.1, 0.15) is 5.54 Å². The van der Waals surface area contributed by atoms with Gasteiger partial charge in [0.2, 0.25) is 0 Å². The Kier molecular flexibility index (Phi) is 3.68. The lowest BCUT2D eigenvalue weighted by molar-refractivity contribution is -0.146. The maximum atomic E-state index is 11.3. The van der Waals surface area contributed by atoms with Crippen LogP contribution in [0.15, 0.2) is 30.3 Å². The molecule has 4 heteroatoms. The van der Waals surface area contributed by atoms with Crippen molar-refractivity contribution >= 4 is 5.97 Å². The number of carboxylic acid groups (broad SMARTS) is 1. The van der Waals surface area contributed by atoms with E-state index >= 15 is 0 Å². The van der Waals surface area contributed by atoms with Crippen molar-refractivity contribution in [3.05, 3.63) is 35.9 Å². The minimum Gasteiger partial charge on any atom is -0.480 e. The molecule has 0 unspecified atom stereocenters. The summed E-state index contributed by atoms with van der Waals surface area (Å²) in [4.78, 5) is 13.4. The lowest BCUT2D eigenvalue weighted by atomic mass is 9.84. The summed E-state index contributed by atoms with van der Waals surface area (Å²) in [7, 11) is 0. The first-order valence-electron chi connectivity index (χ1n) is 6.28. The van der Waals surface area contributed by atoms with Gasteiger partial charge in [-0.15, -0.1) is 0 Å². The Morgan fingerprint density at radius 1 is 1.50 bits per heavy atom. The Labute approximate surface area is 107 Å². The second kappa shape index (κ2) is 5.08. The van der Waals surface area contributed by atoms with Crippen molar-refractivity contribution in [1.29, 1.82) is 0 Å². The smallest absolute Gasteiger partial charge is 0.325 e. The zero-order valence-corrected chi connectivity index (χ0v) is 10.7. The molecule has 0 bridgehead atoms. The average Bonchev–Trinajstić information content (AvgIpc) is 2.28. The van der Waals surface area contributed by atoms with Gasteiger partial charge < -0.3 is 10.8 Å². The highest BCUT2D eigenvalue weighted by Crippen LogP contribution is 2.25. The molecule has 1 saturated heterocycles. The summed E-state index contributed by atoms with van der Waals surface area (Å²) in [6.45, 7) is 4.14. The van der Waals surface area contributed by atoms with E-state index in [9.17, 15) is 9.90 Å². The zero-order valence-electron chi connectivity index (χ0n) is 10.7. The van der Waals surface area contributed by atoms with E-state index in [1.165, 1.54) is 5.56 Å². The van der Waals surface area contributed by atoms with Crippen LogP contribution in [-0.4, -0.2) is 34.6 Å². The fourth-order valence-corrected chi connectivity index (χ4v) is 2.77. The van der Waals surface area contributed by atoms with Gasteiger partial charge in [0.15, 0.2) is 0 Å². The second-order valence-corrected chi connectivity index (χ2v) is 5.43. The molecule has 3 N–H and O–H groups in total. The summed E-state index contributed by atoms with van der Waals surface area (Å²) < 4.78 is 0. The van der Waals surface area contributed by atoms with E-state index in [2.05, 4.69) is 24.0 Å². The lowest BCUT2D eigenvalue weighted by Gasteiger charge is -2.40. The molecule has 98 valence electrons. The quantitative estimate of drug-likeness (QED) is 0.846. The van der Waals surface area contributed by atoms with Crippen LogP contribution in [0.2, 0.25) is 0 Å². The maximum Gasteiger partial charge on any atom is 0.325 e. The van der Waals surface area contributed by atoms with Crippen molar-refractivity contribution in [3.63, 3.8) is 0 Å². The highest BCUT2D eigenvalue weighted by atomic mass is 16.4. The number of carbonyl (C=O) groups is 1. The van der Waals surface area contributed by atoms with Crippen LogP contribution in [0.25, 0.3) is 0 Å². The molecule has 0 radical (unpaired) electrons. The SMILES string of the molecule is C[C@@H]1CN(Cc2ccccc2)C[C@@](N)(C(=O)O)C1. The van der Waals surface area contributed by atoms with Gasteiger partial charge in [-0.3, -0.25) is 9.69 Å². The molecule has 0 aliphatic carbocycles. The summed E-state index contributed by atoms with van der Waals surface area (Å²) >= 11 is 0. The number of nitrogens with two attached hydrogens (primary N) is 1. The van der Waals surface area contributed by atoms with Crippen molar-refractivity contribution < 1.29 is 9.90 Å². The Morgan fingerprint density at radius 3 is 2.78 bits per heavy atom. The summed E-state index contributed by atoms with van der Waals surface area (Å²) in [6.07, 6.45) is 0.549. The number of rotatable bonds is 3. The minimum atomic E-state index is -1.10. The van der Waals surface area contributed by atoms with Gasteiger partial charge >= 0.3 is 5.97 Å². The predicted molar refractivity (Wildman–Crippen MR) is 70.1 cm³/mol. The molecule has 0 saturated carbocycles. The third-order valence-electron chi connectivity index (χ3n) is 3.46. The standard InChI is InChI=1S/C14H20N2O2/c1-11-7-14(15,13(17)18)10-16(8-11)9-12-5-3-2-4-6-12/h2-6,11H,7-10,15H2,1H3,(H,17,18)/t11-,14+/m0/s1. The van der Waals surface area contributed by atoms with E-state index in [4.69, 9.17) is 5.73 Å². The van der Waals surface area contributed by atoms with Gasteiger partial charge in [-0.1, -0.05) is 37.3 Å². The Hall–Kier alpha value is -1.39. The molecule has 2 atom stereocenters. The van der Waals surface area contributed by atoms with Crippen LogP contribution in [0.1, 0.15) is 18.9 Å². The predicted octanol–water partition coefficient (Wildman–Crippen LogP) is 1.31. The Morgan fingerprint density at radius 2 is 2.17 bits per heavy atom. The third-order valence-corrected chi connectivity index (χ3v) is 3.46. The number of piperidine rings is 1. The number of hydrogen-bond acceptors (Lipinski definition) is 3. The Bertz CT molecular complexity index is 421. The fraction of sp³-hybridized carbons (Fsp3) is 0.500. The van der Waals surface area contributed by atoms with Crippen molar-refractivity contribution in [2.75, 3.05) is 13.1 Å². The summed E-state index contributed by atoms with van der Waals surface area (Å²) in [5.74, 6) is -0.587. The first kappa shape index (κ1) is 13.1. The van der Waals surface area contributed by atoms with E-state index in [1.807, 2.05) is 18.2 Å². The van der Waals surface area contributed by atoms with Crippen LogP contribution in [0, 0.1) is 5.92 Å². The van der Waals surface area contributed by atoms with E-state index < -0.39 is 11.5 Å². The fourth-order valence-electron chi connectivity index (χ4n) is 2.77. The molecule has 1 aliphatic heterocycles. The van der Waals surface area contributed by atoms with Crippen LogP contribution < -0.4 is 5.73 Å². The summed E-state index contributed by atoms with van der Waals surface area (Å²) in [5.41, 5.74) is 6.08. The molecule has 0 aromatic heterocycles. The lowest BCUT2D eigenvalue weighted by Crippen LogP contribution is -2.61. The van der Waals surface area contributed by atoms with Gasteiger partial charge in [-0.2, -0.15) is 0 Å². The average molecular weight is 248 g/mol. The normalized spacial score (nSPS) is 29.1. The van der Waals surface area contributed by atoms with Crippen molar-refractivity contribution in [3.8, 4) is 0 Å². The first-order chi connectivity index (χ1) is 8.49. The molecule has 1 fully saturated rings. The van der Waals surface area contributed by atoms with E-state index in [-0.39, 0.29) is 0 Å². The molecule has 1 heterocycles. The molecule has 0 spiro atoms. The molecule has 0 amide bonds. The van der Waals surface area contributed by atoms with Crippen LogP contribution in [0.5, 0.6) is 0 Å². The number of benzene rings is 1. The van der Waals surface area contributed by atoms with Crippen LogP contribution in [-0.2, 0) is 11.3 Å². The monoisotopic (exact) mass is 248 g/mol. The molecule has 18 heavy (non-hydrogen) atoms. The van der Waals surface area contributed by atoms with Crippen LogP contribution in [0.3, 0.4) is 0 Å². The number of carboxylic acids is 1. The number of nitrogens with zero attached hydrogens (tertiary/aromatic N) is 1. The largest absolute Gasteiger partial charge is 0.480 e. The molecule has 1 aliphatic rings. The minimum absolute atomic E-state index is 0.309. The van der Waals surface area contributed by atoms with E-state index in [0.717, 1.165) is 13.1 Å². The highest BCUT2D eigenvalue weighted by molar-refractivity contribution is 5.79. The van der Waals surface area contributed by atoms with Gasteiger partial charge in [-0.05, 0) is 17.9 Å².